The van der Waals surface area contributed by atoms with Gasteiger partial charge >= 0.3 is 10.1 Å². The van der Waals surface area contributed by atoms with Crippen LogP contribution >= 0.6 is 0 Å². The molecule has 1 aromatic heterocycles. The highest BCUT2D eigenvalue weighted by atomic mass is 32.2. The fourth-order valence-electron chi connectivity index (χ4n) is 1.77. The minimum Gasteiger partial charge on any atom is -0.379 e. The van der Waals surface area contributed by atoms with Crippen LogP contribution in [0.25, 0.3) is 10.9 Å². The molecule has 0 saturated carbocycles. The lowest BCUT2D eigenvalue weighted by Gasteiger charge is -2.07. The lowest BCUT2D eigenvalue weighted by molar-refractivity contribution is 0.483. The van der Waals surface area contributed by atoms with Crippen LogP contribution in [0.5, 0.6) is 5.75 Å². The van der Waals surface area contributed by atoms with Gasteiger partial charge in [-0.25, -0.2) is 4.39 Å². The summed E-state index contributed by atoms with van der Waals surface area (Å²) in [5.74, 6) is -0.639. The van der Waals surface area contributed by atoms with Crippen LogP contribution in [0, 0.1) is 5.82 Å². The Morgan fingerprint density at radius 2 is 2.00 bits per heavy atom. The summed E-state index contributed by atoms with van der Waals surface area (Å²) in [6, 6.07) is 9.38. The van der Waals surface area contributed by atoms with Crippen LogP contribution < -0.4 is 4.18 Å². The number of nitrogens with zero attached hydrogens (tertiary/aromatic N) is 1. The van der Waals surface area contributed by atoms with Gasteiger partial charge in [0.1, 0.15) is 16.5 Å². The Bertz CT molecular complexity index is 874. The normalized spacial score (nSPS) is 11.7. The van der Waals surface area contributed by atoms with E-state index in [1.165, 1.54) is 36.5 Å². The summed E-state index contributed by atoms with van der Waals surface area (Å²) in [5, 5.41) is 7.18. The third-order valence-corrected chi connectivity index (χ3v) is 3.95. The van der Waals surface area contributed by atoms with Gasteiger partial charge in [0.2, 0.25) is 0 Å². The number of halogens is 1. The van der Waals surface area contributed by atoms with E-state index in [0.29, 0.717) is 5.39 Å². The van der Waals surface area contributed by atoms with E-state index in [0.717, 1.165) is 11.6 Å². The summed E-state index contributed by atoms with van der Waals surface area (Å²) in [5.41, 5.74) is 0.717. The lowest BCUT2D eigenvalue weighted by Crippen LogP contribution is -2.09. The highest BCUT2D eigenvalue weighted by Gasteiger charge is 2.17. The summed E-state index contributed by atoms with van der Waals surface area (Å²) in [6.45, 7) is 0. The van der Waals surface area contributed by atoms with E-state index in [4.69, 9.17) is 4.18 Å². The van der Waals surface area contributed by atoms with Gasteiger partial charge < -0.3 is 4.18 Å². The van der Waals surface area contributed by atoms with E-state index in [1.807, 2.05) is 0 Å². The molecule has 0 aliphatic carbocycles. The Hall–Kier alpha value is -2.41. The van der Waals surface area contributed by atoms with Gasteiger partial charge in [0.05, 0.1) is 11.7 Å². The average Bonchev–Trinajstić information content (AvgIpc) is 2.85. The predicted molar refractivity (Wildman–Crippen MR) is 70.3 cm³/mol. The van der Waals surface area contributed by atoms with Crippen molar-refractivity contribution in [2.24, 2.45) is 0 Å². The second kappa shape index (κ2) is 4.61. The van der Waals surface area contributed by atoms with Crippen LogP contribution in [0.4, 0.5) is 4.39 Å². The molecule has 0 fully saturated rings. The van der Waals surface area contributed by atoms with Gasteiger partial charge in [-0.15, -0.1) is 0 Å². The summed E-state index contributed by atoms with van der Waals surface area (Å²) in [7, 11) is -4.01. The lowest BCUT2D eigenvalue weighted by atomic mass is 10.3. The van der Waals surface area contributed by atoms with Gasteiger partial charge in [-0.1, -0.05) is 6.07 Å². The first-order valence-corrected chi connectivity index (χ1v) is 7.09. The first-order chi connectivity index (χ1) is 9.54. The predicted octanol–water partition coefficient (Wildman–Crippen LogP) is 2.47. The molecule has 20 heavy (non-hydrogen) atoms. The molecule has 102 valence electrons. The number of benzene rings is 2. The average molecular weight is 292 g/mol. The molecule has 2 aromatic carbocycles. The first-order valence-electron chi connectivity index (χ1n) is 5.68. The maximum absolute atomic E-state index is 13.0. The van der Waals surface area contributed by atoms with Crippen LogP contribution in [0.1, 0.15) is 0 Å². The van der Waals surface area contributed by atoms with Crippen LogP contribution in [-0.2, 0) is 10.1 Å². The third kappa shape index (κ3) is 2.35. The molecule has 0 radical (unpaired) electrons. The van der Waals surface area contributed by atoms with Gasteiger partial charge in [-0.05, 0) is 30.3 Å². The number of rotatable bonds is 3. The molecule has 0 unspecified atom stereocenters. The summed E-state index contributed by atoms with van der Waals surface area (Å²) < 4.78 is 42.1. The Labute approximate surface area is 114 Å². The maximum Gasteiger partial charge on any atom is 0.339 e. The second-order valence-corrected chi connectivity index (χ2v) is 5.66. The molecule has 0 saturated heterocycles. The van der Waals surface area contributed by atoms with Crippen LogP contribution in [0.15, 0.2) is 53.6 Å². The van der Waals surface area contributed by atoms with Crippen molar-refractivity contribution in [1.82, 2.24) is 10.2 Å². The highest BCUT2D eigenvalue weighted by molar-refractivity contribution is 7.87. The number of fused-ring (bicyclic) bond motifs is 1. The Morgan fingerprint density at radius 1 is 1.15 bits per heavy atom. The molecule has 3 aromatic rings. The van der Waals surface area contributed by atoms with Crippen LogP contribution in [0.3, 0.4) is 0 Å². The molecule has 0 aliphatic heterocycles. The molecule has 0 bridgehead atoms. The smallest absolute Gasteiger partial charge is 0.339 e. The minimum atomic E-state index is -4.01. The molecule has 0 spiro atoms. The van der Waals surface area contributed by atoms with Gasteiger partial charge in [0, 0.05) is 11.5 Å². The van der Waals surface area contributed by atoms with E-state index >= 15 is 0 Å². The van der Waals surface area contributed by atoms with Crippen molar-refractivity contribution in [2.75, 3.05) is 0 Å². The van der Waals surface area contributed by atoms with E-state index in [9.17, 15) is 12.8 Å². The summed E-state index contributed by atoms with van der Waals surface area (Å²) in [6.07, 6.45) is 1.51. The van der Waals surface area contributed by atoms with Gasteiger partial charge in [-0.3, -0.25) is 5.10 Å². The summed E-state index contributed by atoms with van der Waals surface area (Å²) in [4.78, 5) is -0.0179. The quantitative estimate of drug-likeness (QED) is 0.753. The van der Waals surface area contributed by atoms with Crippen molar-refractivity contribution < 1.29 is 17.0 Å². The molecule has 1 heterocycles. The largest absolute Gasteiger partial charge is 0.379 e. The number of hydrogen-bond donors (Lipinski definition) is 1. The zero-order valence-electron chi connectivity index (χ0n) is 10.1. The van der Waals surface area contributed by atoms with E-state index in [-0.39, 0.29) is 10.6 Å². The Morgan fingerprint density at radius 3 is 2.80 bits per heavy atom. The van der Waals surface area contributed by atoms with Crippen molar-refractivity contribution in [3.8, 4) is 5.75 Å². The van der Waals surface area contributed by atoms with Crippen molar-refractivity contribution in [2.45, 2.75) is 4.90 Å². The number of H-pyrrole nitrogens is 1. The monoisotopic (exact) mass is 292 g/mol. The molecule has 5 nitrogen and oxygen atoms in total. The molecule has 0 aliphatic rings. The zero-order chi connectivity index (χ0) is 14.2. The number of aromatic amines is 1. The van der Waals surface area contributed by atoms with Crippen molar-refractivity contribution in [1.29, 1.82) is 0 Å². The maximum atomic E-state index is 13.0. The molecule has 0 amide bonds. The highest BCUT2D eigenvalue weighted by Crippen LogP contribution is 2.22. The van der Waals surface area contributed by atoms with E-state index in [2.05, 4.69) is 10.2 Å². The van der Waals surface area contributed by atoms with Gasteiger partial charge in [0.15, 0.2) is 0 Å². The fourth-order valence-corrected chi connectivity index (χ4v) is 2.73. The molecule has 0 atom stereocenters. The molecular formula is C13H9FN2O3S. The topological polar surface area (TPSA) is 72.1 Å². The number of hydrogen-bond acceptors (Lipinski definition) is 4. The van der Waals surface area contributed by atoms with E-state index in [1.54, 1.807) is 6.07 Å². The third-order valence-electron chi connectivity index (χ3n) is 2.70. The van der Waals surface area contributed by atoms with Gasteiger partial charge in [-0.2, -0.15) is 13.5 Å². The molecule has 3 rings (SSSR count). The SMILES string of the molecule is O=S(=O)(Oc1cccc(F)c1)c1ccc2[nH]ncc2c1. The van der Waals surface area contributed by atoms with Crippen molar-refractivity contribution >= 4 is 21.0 Å². The first kappa shape index (κ1) is 12.6. The minimum absolute atomic E-state index is 0.0179. The van der Waals surface area contributed by atoms with Crippen LogP contribution in [0.2, 0.25) is 0 Å². The fraction of sp³-hybridized carbons (Fsp3) is 0. The Balaban J connectivity index is 1.98. The van der Waals surface area contributed by atoms with Gasteiger partial charge in [0.25, 0.3) is 0 Å². The summed E-state index contributed by atoms with van der Waals surface area (Å²) >= 11 is 0. The molecule has 7 heteroatoms. The Kier molecular flexibility index (Phi) is 2.90. The standard InChI is InChI=1S/C13H9FN2O3S/c14-10-2-1-3-11(7-10)19-20(17,18)12-4-5-13-9(6-12)8-15-16-13/h1-8H,(H,15,16). The van der Waals surface area contributed by atoms with Crippen molar-refractivity contribution in [3.63, 3.8) is 0 Å². The van der Waals surface area contributed by atoms with E-state index < -0.39 is 15.9 Å². The van der Waals surface area contributed by atoms with Crippen molar-refractivity contribution in [3.05, 3.63) is 54.5 Å². The van der Waals surface area contributed by atoms with Crippen LogP contribution in [-0.4, -0.2) is 18.6 Å². The second-order valence-electron chi connectivity index (χ2n) is 4.11. The molecular weight excluding hydrogens is 283 g/mol. The number of aromatic nitrogens is 2. The number of nitrogens with one attached hydrogen (secondary N) is 1. The zero-order valence-corrected chi connectivity index (χ0v) is 10.9. The molecule has 1 N–H and O–H groups in total.